The predicted octanol–water partition coefficient (Wildman–Crippen LogP) is 6.36. The molecule has 4 nitrogen and oxygen atoms in total. The van der Waals surface area contributed by atoms with Crippen molar-refractivity contribution in [3.8, 4) is 10.8 Å². The van der Waals surface area contributed by atoms with Gasteiger partial charge in [0.1, 0.15) is 5.75 Å². The Bertz CT molecular complexity index is 965. The van der Waals surface area contributed by atoms with Crippen LogP contribution < -0.4 is 4.74 Å². The zero-order chi connectivity index (χ0) is 18.8. The van der Waals surface area contributed by atoms with Crippen LogP contribution in [0.4, 0.5) is 5.69 Å². The number of hydrogen-bond donors (Lipinski definition) is 0. The summed E-state index contributed by atoms with van der Waals surface area (Å²) in [6.07, 6.45) is 1.86. The van der Waals surface area contributed by atoms with E-state index < -0.39 is 0 Å². The molecule has 0 aliphatic heterocycles. The van der Waals surface area contributed by atoms with E-state index in [4.69, 9.17) is 16.3 Å². The van der Waals surface area contributed by atoms with Gasteiger partial charge >= 0.3 is 0 Å². The third-order valence-electron chi connectivity index (χ3n) is 4.31. The maximum Gasteiger partial charge on any atom is 0.209 e. The summed E-state index contributed by atoms with van der Waals surface area (Å²) in [5.74, 6) is 0.795. The first-order valence-corrected chi connectivity index (χ1v) is 9.61. The molecule has 0 fully saturated rings. The minimum absolute atomic E-state index is 0.409. The second-order valence-electron chi connectivity index (χ2n) is 6.61. The van der Waals surface area contributed by atoms with Gasteiger partial charge in [-0.15, -0.1) is 0 Å². The largest absolute Gasteiger partial charge is 0.444 e. The fourth-order valence-corrected chi connectivity index (χ4v) is 3.48. The molecule has 0 radical (unpaired) electrons. The Labute approximate surface area is 163 Å². The highest BCUT2D eigenvalue weighted by Gasteiger charge is 2.14. The molecular formula is C20H22ClN3OS. The van der Waals surface area contributed by atoms with Gasteiger partial charge in [0, 0.05) is 24.6 Å². The highest BCUT2D eigenvalue weighted by Crippen LogP contribution is 2.40. The van der Waals surface area contributed by atoms with Gasteiger partial charge in [0.15, 0.2) is 0 Å². The van der Waals surface area contributed by atoms with E-state index in [9.17, 15) is 0 Å². The molecule has 26 heavy (non-hydrogen) atoms. The summed E-state index contributed by atoms with van der Waals surface area (Å²) in [7, 11) is 2.02. The molecule has 2 aromatic carbocycles. The summed E-state index contributed by atoms with van der Waals surface area (Å²) >= 11 is 7.64. The van der Waals surface area contributed by atoms with Gasteiger partial charge in [0.25, 0.3) is 0 Å². The number of rotatable bonds is 5. The molecule has 0 bridgehead atoms. The fraction of sp³-hybridized carbons (Fsp3) is 0.300. The Balaban J connectivity index is 1.91. The van der Waals surface area contributed by atoms with Crippen LogP contribution in [0.15, 0.2) is 35.3 Å². The van der Waals surface area contributed by atoms with Crippen LogP contribution in [-0.2, 0) is 0 Å². The van der Waals surface area contributed by atoms with Crippen molar-refractivity contribution >= 4 is 46.1 Å². The van der Waals surface area contributed by atoms with E-state index in [1.54, 1.807) is 0 Å². The van der Waals surface area contributed by atoms with E-state index in [0.29, 0.717) is 16.1 Å². The van der Waals surface area contributed by atoms with Crippen LogP contribution in [0.3, 0.4) is 0 Å². The summed E-state index contributed by atoms with van der Waals surface area (Å²) in [4.78, 5) is 6.68. The molecule has 0 atom stereocenters. The lowest BCUT2D eigenvalue weighted by Crippen LogP contribution is -2.24. The van der Waals surface area contributed by atoms with E-state index >= 15 is 0 Å². The van der Waals surface area contributed by atoms with E-state index in [0.717, 1.165) is 33.5 Å². The third-order valence-corrected chi connectivity index (χ3v) is 5.37. The maximum atomic E-state index is 6.33. The molecule has 0 aliphatic rings. The number of halogens is 1. The first kappa shape index (κ1) is 18.7. The molecular weight excluding hydrogens is 366 g/mol. The number of aromatic nitrogens is 1. The molecule has 0 N–H and O–H groups in total. The predicted molar refractivity (Wildman–Crippen MR) is 112 cm³/mol. The average Bonchev–Trinajstić information content (AvgIpc) is 3.00. The molecule has 0 spiro atoms. The van der Waals surface area contributed by atoms with Gasteiger partial charge in [-0.2, -0.15) is 4.37 Å². The van der Waals surface area contributed by atoms with E-state index in [-0.39, 0.29) is 0 Å². The standard InChI is InChI=1S/C20H22ClN3OS/c1-12(2)24(5)11-22-17-9-14(4)18(10-13(17)3)25-20-19-15(21)7-6-8-16(19)23-26-20/h6-12H,1-5H3/b22-11-. The van der Waals surface area contributed by atoms with Gasteiger partial charge in [-0.3, -0.25) is 0 Å². The molecule has 0 saturated carbocycles. The van der Waals surface area contributed by atoms with E-state index in [1.807, 2.05) is 57.6 Å². The molecule has 0 unspecified atom stereocenters. The summed E-state index contributed by atoms with van der Waals surface area (Å²) in [5, 5.41) is 2.22. The molecule has 0 aliphatic carbocycles. The Morgan fingerprint density at radius 2 is 2.00 bits per heavy atom. The number of nitrogens with zero attached hydrogens (tertiary/aromatic N) is 3. The molecule has 1 heterocycles. The van der Waals surface area contributed by atoms with Gasteiger partial charge in [-0.25, -0.2) is 4.99 Å². The van der Waals surface area contributed by atoms with Crippen LogP contribution in [0, 0.1) is 13.8 Å². The number of ether oxygens (including phenoxy) is 1. The molecule has 136 valence electrons. The van der Waals surface area contributed by atoms with Gasteiger partial charge in [0.2, 0.25) is 5.06 Å². The van der Waals surface area contributed by atoms with Crippen LogP contribution in [0.1, 0.15) is 25.0 Å². The topological polar surface area (TPSA) is 37.7 Å². The van der Waals surface area contributed by atoms with E-state index in [2.05, 4.69) is 28.1 Å². The van der Waals surface area contributed by atoms with Crippen molar-refractivity contribution in [3.63, 3.8) is 0 Å². The van der Waals surface area contributed by atoms with Gasteiger partial charge in [-0.05, 0) is 63.1 Å². The summed E-state index contributed by atoms with van der Waals surface area (Å²) in [5.41, 5.74) is 3.86. The van der Waals surface area contributed by atoms with Crippen molar-refractivity contribution in [2.24, 2.45) is 4.99 Å². The van der Waals surface area contributed by atoms with Crippen molar-refractivity contribution in [2.45, 2.75) is 33.7 Å². The quantitative estimate of drug-likeness (QED) is 0.377. The van der Waals surface area contributed by atoms with Crippen molar-refractivity contribution in [1.82, 2.24) is 9.27 Å². The summed E-state index contributed by atoms with van der Waals surface area (Å²) in [6, 6.07) is 10.1. The lowest BCUT2D eigenvalue weighted by Gasteiger charge is -2.17. The van der Waals surface area contributed by atoms with Gasteiger partial charge < -0.3 is 9.64 Å². The number of aliphatic imine (C=N–C) groups is 1. The van der Waals surface area contributed by atoms with Crippen molar-refractivity contribution in [1.29, 1.82) is 0 Å². The molecule has 1 aromatic heterocycles. The molecule has 0 saturated heterocycles. The zero-order valence-electron chi connectivity index (χ0n) is 15.6. The van der Waals surface area contributed by atoms with Gasteiger partial charge in [0.05, 0.1) is 28.0 Å². The monoisotopic (exact) mass is 387 g/mol. The van der Waals surface area contributed by atoms with Crippen molar-refractivity contribution in [2.75, 3.05) is 7.05 Å². The normalized spacial score (nSPS) is 11.7. The number of aryl methyl sites for hydroxylation is 2. The number of fused-ring (bicyclic) bond motifs is 1. The molecule has 0 amide bonds. The van der Waals surface area contributed by atoms with Crippen LogP contribution in [0.5, 0.6) is 10.8 Å². The maximum absolute atomic E-state index is 6.33. The van der Waals surface area contributed by atoms with Crippen LogP contribution in [0.25, 0.3) is 10.9 Å². The van der Waals surface area contributed by atoms with Gasteiger partial charge in [-0.1, -0.05) is 17.7 Å². The van der Waals surface area contributed by atoms with Crippen molar-refractivity contribution < 1.29 is 4.74 Å². The minimum Gasteiger partial charge on any atom is -0.444 e. The number of benzene rings is 2. The molecule has 3 aromatic rings. The first-order valence-electron chi connectivity index (χ1n) is 8.46. The number of hydrogen-bond acceptors (Lipinski definition) is 4. The summed E-state index contributed by atoms with van der Waals surface area (Å²) < 4.78 is 10.6. The lowest BCUT2D eigenvalue weighted by molar-refractivity contribution is 0.429. The average molecular weight is 388 g/mol. The lowest BCUT2D eigenvalue weighted by atomic mass is 10.1. The Kier molecular flexibility index (Phi) is 5.49. The minimum atomic E-state index is 0.409. The first-order chi connectivity index (χ1) is 12.4. The fourth-order valence-electron chi connectivity index (χ4n) is 2.41. The third kappa shape index (κ3) is 3.84. The van der Waals surface area contributed by atoms with Crippen LogP contribution >= 0.6 is 23.1 Å². The Morgan fingerprint density at radius 1 is 1.23 bits per heavy atom. The SMILES string of the molecule is Cc1cc(Oc2snc3cccc(Cl)c23)c(C)cc1/N=C\N(C)C(C)C. The van der Waals surface area contributed by atoms with E-state index in [1.165, 1.54) is 11.5 Å². The highest BCUT2D eigenvalue weighted by molar-refractivity contribution is 7.09. The smallest absolute Gasteiger partial charge is 0.209 e. The zero-order valence-corrected chi connectivity index (χ0v) is 17.1. The second kappa shape index (κ2) is 7.64. The summed E-state index contributed by atoms with van der Waals surface area (Å²) in [6.45, 7) is 8.31. The second-order valence-corrected chi connectivity index (χ2v) is 7.76. The Hall–Kier alpha value is -2.11. The molecule has 3 rings (SSSR count). The Morgan fingerprint density at radius 3 is 2.73 bits per heavy atom. The van der Waals surface area contributed by atoms with Crippen LogP contribution in [0.2, 0.25) is 5.02 Å². The highest BCUT2D eigenvalue weighted by atomic mass is 35.5. The van der Waals surface area contributed by atoms with Crippen LogP contribution in [-0.4, -0.2) is 28.7 Å². The van der Waals surface area contributed by atoms with Crippen molar-refractivity contribution in [3.05, 3.63) is 46.5 Å². The molecule has 6 heteroatoms.